The molecule has 6 nitrogen and oxygen atoms in total. The van der Waals surface area contributed by atoms with Gasteiger partial charge in [-0.3, -0.25) is 9.59 Å². The van der Waals surface area contributed by atoms with Gasteiger partial charge in [-0.2, -0.15) is 0 Å². The summed E-state index contributed by atoms with van der Waals surface area (Å²) in [5.74, 6) is -0.0161. The highest BCUT2D eigenvalue weighted by Crippen LogP contribution is 2.35. The number of hydrogen-bond acceptors (Lipinski definition) is 4. The van der Waals surface area contributed by atoms with Crippen molar-refractivity contribution < 1.29 is 19.1 Å². The van der Waals surface area contributed by atoms with Gasteiger partial charge in [0.15, 0.2) is 6.61 Å². The highest BCUT2D eigenvalue weighted by atomic mass is 16.5. The zero-order chi connectivity index (χ0) is 19.5. The number of rotatable bonds is 4. The van der Waals surface area contributed by atoms with E-state index in [0.717, 1.165) is 25.8 Å². The van der Waals surface area contributed by atoms with Crippen molar-refractivity contribution in [3.63, 3.8) is 0 Å². The molecule has 4 rings (SSSR count). The maximum Gasteiger partial charge on any atom is 0.340 e. The van der Waals surface area contributed by atoms with Crippen LogP contribution >= 0.6 is 0 Å². The largest absolute Gasteiger partial charge is 0.452 e. The lowest BCUT2D eigenvalue weighted by molar-refractivity contribution is -0.140. The van der Waals surface area contributed by atoms with Crippen LogP contribution in [0.3, 0.4) is 0 Å². The van der Waals surface area contributed by atoms with E-state index in [9.17, 15) is 14.4 Å². The number of fused-ring (bicyclic) bond motifs is 1. The molecule has 0 N–H and O–H groups in total. The second kappa shape index (κ2) is 8.33. The minimum absolute atomic E-state index is 0.0213. The fraction of sp³-hybridized carbons (Fsp3) is 0.591. The van der Waals surface area contributed by atoms with E-state index in [1.165, 1.54) is 25.7 Å². The maximum absolute atomic E-state index is 12.8. The first kappa shape index (κ1) is 19.0. The molecule has 0 aromatic heterocycles. The van der Waals surface area contributed by atoms with E-state index >= 15 is 0 Å². The third kappa shape index (κ3) is 3.77. The van der Waals surface area contributed by atoms with Crippen molar-refractivity contribution in [1.82, 2.24) is 4.90 Å². The molecule has 2 atom stereocenters. The van der Waals surface area contributed by atoms with E-state index < -0.39 is 5.97 Å². The molecule has 2 heterocycles. The first-order valence-corrected chi connectivity index (χ1v) is 10.5. The average molecular weight is 384 g/mol. The Kier molecular flexibility index (Phi) is 5.64. The molecule has 1 aromatic carbocycles. The number of hydrogen-bond donors (Lipinski definition) is 0. The third-order valence-corrected chi connectivity index (χ3v) is 6.38. The Morgan fingerprint density at radius 1 is 1.00 bits per heavy atom. The number of piperidine rings is 1. The quantitative estimate of drug-likeness (QED) is 0.748. The molecule has 2 saturated heterocycles. The lowest BCUT2D eigenvalue weighted by atomic mass is 9.78. The van der Waals surface area contributed by atoms with Crippen molar-refractivity contribution in [3.8, 4) is 0 Å². The van der Waals surface area contributed by atoms with Gasteiger partial charge in [0.05, 0.1) is 11.3 Å². The van der Waals surface area contributed by atoms with Crippen LogP contribution in [0.5, 0.6) is 0 Å². The van der Waals surface area contributed by atoms with Crippen LogP contribution in [0.2, 0.25) is 0 Å². The van der Waals surface area contributed by atoms with Crippen molar-refractivity contribution >= 4 is 23.5 Å². The Balaban J connectivity index is 1.41. The van der Waals surface area contributed by atoms with Crippen LogP contribution in [0.25, 0.3) is 0 Å². The summed E-state index contributed by atoms with van der Waals surface area (Å²) in [6.07, 6.45) is 8.20. The van der Waals surface area contributed by atoms with Crippen molar-refractivity contribution in [2.45, 2.75) is 57.4 Å². The molecule has 6 heteroatoms. The number of likely N-dealkylation sites (tertiary alicyclic amines) is 1. The number of esters is 1. The van der Waals surface area contributed by atoms with Crippen LogP contribution in [-0.4, -0.2) is 48.4 Å². The number of anilines is 1. The number of nitrogens with zero attached hydrogens (tertiary/aromatic N) is 2. The predicted molar refractivity (Wildman–Crippen MR) is 105 cm³/mol. The molecule has 3 aliphatic rings. The summed E-state index contributed by atoms with van der Waals surface area (Å²) >= 11 is 0. The summed E-state index contributed by atoms with van der Waals surface area (Å²) in [6, 6.07) is 7.28. The first-order chi connectivity index (χ1) is 13.6. The van der Waals surface area contributed by atoms with Crippen LogP contribution in [0, 0.1) is 5.92 Å². The molecule has 1 aliphatic carbocycles. The highest BCUT2D eigenvalue weighted by molar-refractivity contribution is 6.03. The lowest BCUT2D eigenvalue weighted by Gasteiger charge is -2.44. The summed E-state index contributed by atoms with van der Waals surface area (Å²) in [5.41, 5.74) is 0.924. The second-order valence-electron chi connectivity index (χ2n) is 8.08. The van der Waals surface area contributed by atoms with Crippen LogP contribution in [0.4, 0.5) is 5.69 Å². The van der Waals surface area contributed by atoms with E-state index in [-0.39, 0.29) is 18.4 Å². The normalized spacial score (nSPS) is 24.8. The molecule has 0 spiro atoms. The van der Waals surface area contributed by atoms with Gasteiger partial charge in [-0.1, -0.05) is 25.0 Å². The fourth-order valence-electron chi connectivity index (χ4n) is 5.01. The topological polar surface area (TPSA) is 66.9 Å². The van der Waals surface area contributed by atoms with Crippen molar-refractivity contribution in [3.05, 3.63) is 29.8 Å². The van der Waals surface area contributed by atoms with Crippen molar-refractivity contribution in [1.29, 1.82) is 0 Å². The summed E-state index contributed by atoms with van der Waals surface area (Å²) < 4.78 is 5.39. The minimum Gasteiger partial charge on any atom is -0.452 e. The predicted octanol–water partition coefficient (Wildman–Crippen LogP) is 3.15. The molecule has 0 bridgehead atoms. The van der Waals surface area contributed by atoms with Crippen LogP contribution in [0.15, 0.2) is 24.3 Å². The first-order valence-electron chi connectivity index (χ1n) is 10.5. The SMILES string of the molecule is O=C(OCC(=O)N1CCC[C@H]2CCCC[C@H]21)c1ccccc1N1CCCC1=O. The van der Waals surface area contributed by atoms with Gasteiger partial charge in [0.1, 0.15) is 0 Å². The van der Waals surface area contributed by atoms with Crippen molar-refractivity contribution in [2.24, 2.45) is 5.92 Å². The monoisotopic (exact) mass is 384 g/mol. The third-order valence-electron chi connectivity index (χ3n) is 6.38. The molecule has 28 heavy (non-hydrogen) atoms. The minimum atomic E-state index is -0.541. The zero-order valence-electron chi connectivity index (χ0n) is 16.3. The van der Waals surface area contributed by atoms with E-state index in [2.05, 4.69) is 0 Å². The maximum atomic E-state index is 12.8. The Morgan fingerprint density at radius 3 is 2.61 bits per heavy atom. The van der Waals surface area contributed by atoms with Gasteiger partial charge in [-0.05, 0) is 50.2 Å². The van der Waals surface area contributed by atoms with Crippen LogP contribution < -0.4 is 4.90 Å². The van der Waals surface area contributed by atoms with E-state index in [1.807, 2.05) is 4.90 Å². The average Bonchev–Trinajstić information content (AvgIpc) is 3.17. The lowest BCUT2D eigenvalue weighted by Crippen LogP contribution is -2.50. The highest BCUT2D eigenvalue weighted by Gasteiger charge is 2.36. The summed E-state index contributed by atoms with van der Waals surface area (Å²) in [6.45, 7) is 1.14. The van der Waals surface area contributed by atoms with Gasteiger partial charge in [-0.15, -0.1) is 0 Å². The van der Waals surface area contributed by atoms with Gasteiger partial charge < -0.3 is 14.5 Å². The molecule has 150 valence electrons. The van der Waals surface area contributed by atoms with Gasteiger partial charge in [0.25, 0.3) is 5.91 Å². The second-order valence-corrected chi connectivity index (χ2v) is 8.08. The number of ether oxygens (including phenoxy) is 1. The Morgan fingerprint density at radius 2 is 1.79 bits per heavy atom. The van der Waals surface area contributed by atoms with Crippen LogP contribution in [-0.2, 0) is 14.3 Å². The van der Waals surface area contributed by atoms with Gasteiger partial charge >= 0.3 is 5.97 Å². The number of carbonyl (C=O) groups excluding carboxylic acids is 3. The molecule has 3 fully saturated rings. The molecular formula is C22H28N2O4. The number of carbonyl (C=O) groups is 3. The molecule has 1 aromatic rings. The smallest absolute Gasteiger partial charge is 0.340 e. The number of benzene rings is 1. The standard InChI is InChI=1S/C22H28N2O4/c25-20-12-6-14-24(20)19-11-4-2-9-17(19)22(27)28-15-21(26)23-13-5-8-16-7-1-3-10-18(16)23/h2,4,9,11,16,18H,1,3,5-8,10,12-15H2/t16-,18-/m1/s1. The van der Waals surface area contributed by atoms with Gasteiger partial charge in [0, 0.05) is 25.6 Å². The number of para-hydroxylation sites is 1. The Labute approximate surface area is 165 Å². The molecular weight excluding hydrogens is 356 g/mol. The van der Waals surface area contributed by atoms with Gasteiger partial charge in [0.2, 0.25) is 5.91 Å². The number of amides is 2. The Bertz CT molecular complexity index is 761. The molecule has 2 amide bonds. The Hall–Kier alpha value is -2.37. The van der Waals surface area contributed by atoms with E-state index in [4.69, 9.17) is 4.74 Å². The van der Waals surface area contributed by atoms with E-state index in [0.29, 0.717) is 36.2 Å². The fourth-order valence-corrected chi connectivity index (χ4v) is 5.01. The summed E-state index contributed by atoms with van der Waals surface area (Å²) in [7, 11) is 0. The molecule has 2 aliphatic heterocycles. The zero-order valence-corrected chi connectivity index (χ0v) is 16.3. The molecule has 1 saturated carbocycles. The van der Waals surface area contributed by atoms with Crippen LogP contribution in [0.1, 0.15) is 61.7 Å². The summed E-state index contributed by atoms with van der Waals surface area (Å²) in [5, 5.41) is 0. The summed E-state index contributed by atoms with van der Waals surface area (Å²) in [4.78, 5) is 41.1. The molecule has 0 radical (unpaired) electrons. The van der Waals surface area contributed by atoms with E-state index in [1.54, 1.807) is 29.2 Å². The van der Waals surface area contributed by atoms with Crippen molar-refractivity contribution in [2.75, 3.05) is 24.6 Å². The van der Waals surface area contributed by atoms with Gasteiger partial charge in [-0.25, -0.2) is 4.79 Å². The molecule has 0 unspecified atom stereocenters.